The van der Waals surface area contributed by atoms with Gasteiger partial charge in [0.1, 0.15) is 9.71 Å². The Morgan fingerprint density at radius 3 is 2.74 bits per heavy atom. The molecule has 3 rings (SSSR count). The Hall–Kier alpha value is -3.08. The van der Waals surface area contributed by atoms with Crippen LogP contribution in [0, 0.1) is 6.92 Å². The molecule has 10 nitrogen and oxygen atoms in total. The Morgan fingerprint density at radius 1 is 1.33 bits per heavy atom. The maximum Gasteiger partial charge on any atom is 0.348 e. The number of hydrogen-bond donors (Lipinski definition) is 1. The van der Waals surface area contributed by atoms with Gasteiger partial charge in [-0.1, -0.05) is 0 Å². The number of rotatable bonds is 5. The molecule has 0 fully saturated rings. The second-order valence-corrected chi connectivity index (χ2v) is 6.94. The molecule has 3 heterocycles. The third-order valence-electron chi connectivity index (χ3n) is 3.78. The number of fused-ring (bicyclic) bond motifs is 1. The van der Waals surface area contributed by atoms with Gasteiger partial charge in [0.25, 0.3) is 5.56 Å². The lowest BCUT2D eigenvalue weighted by molar-refractivity contribution is 0.0531. The van der Waals surface area contributed by atoms with E-state index in [0.717, 1.165) is 11.3 Å². The fraction of sp³-hybridized carbons (Fsp3) is 0.375. The maximum atomic E-state index is 12.9. The Balaban J connectivity index is 2.04. The fourth-order valence-electron chi connectivity index (χ4n) is 2.51. The number of carbonyl (C=O) groups excluding carboxylic acids is 1. The fourth-order valence-corrected chi connectivity index (χ4v) is 3.54. The lowest BCUT2D eigenvalue weighted by Crippen LogP contribution is -2.23. The number of aryl methyl sites for hydroxylation is 1. The van der Waals surface area contributed by atoms with E-state index in [0.29, 0.717) is 32.4 Å². The van der Waals surface area contributed by atoms with Gasteiger partial charge in [0.15, 0.2) is 5.82 Å². The smallest absolute Gasteiger partial charge is 0.348 e. The zero-order valence-electron chi connectivity index (χ0n) is 15.4. The van der Waals surface area contributed by atoms with Crippen molar-refractivity contribution in [3.8, 4) is 0 Å². The van der Waals surface area contributed by atoms with Crippen LogP contribution < -0.4 is 16.2 Å². The minimum atomic E-state index is -0.454. The molecule has 27 heavy (non-hydrogen) atoms. The van der Waals surface area contributed by atoms with Crippen LogP contribution in [-0.2, 0) is 11.3 Å². The van der Waals surface area contributed by atoms with Gasteiger partial charge in [-0.05, 0) is 19.4 Å². The number of nitrogens with two attached hydrogens (primary N) is 1. The SMILES string of the molecule is CCOC(=O)c1sc2ncn(Cc3nc(N)nc(N(C)C)n3)c(=O)c2c1C. The van der Waals surface area contributed by atoms with Crippen molar-refractivity contribution in [2.45, 2.75) is 20.4 Å². The molecule has 3 aromatic heterocycles. The first-order chi connectivity index (χ1) is 12.8. The Kier molecular flexibility index (Phi) is 5.04. The molecule has 0 radical (unpaired) electrons. The van der Waals surface area contributed by atoms with Crippen LogP contribution in [0.5, 0.6) is 0 Å². The van der Waals surface area contributed by atoms with E-state index in [4.69, 9.17) is 10.5 Å². The van der Waals surface area contributed by atoms with Crippen molar-refractivity contribution < 1.29 is 9.53 Å². The molecule has 0 aliphatic carbocycles. The lowest BCUT2D eigenvalue weighted by Gasteiger charge is -2.12. The minimum Gasteiger partial charge on any atom is -0.462 e. The van der Waals surface area contributed by atoms with E-state index in [1.165, 1.54) is 10.9 Å². The number of nitrogens with zero attached hydrogens (tertiary/aromatic N) is 6. The first kappa shape index (κ1) is 18.7. The van der Waals surface area contributed by atoms with Crippen molar-refractivity contribution in [1.82, 2.24) is 24.5 Å². The van der Waals surface area contributed by atoms with Crippen LogP contribution >= 0.6 is 11.3 Å². The highest BCUT2D eigenvalue weighted by molar-refractivity contribution is 7.20. The summed E-state index contributed by atoms with van der Waals surface area (Å²) in [6.07, 6.45) is 1.41. The van der Waals surface area contributed by atoms with Crippen molar-refractivity contribution in [1.29, 1.82) is 0 Å². The third kappa shape index (κ3) is 3.58. The summed E-state index contributed by atoms with van der Waals surface area (Å²) in [4.78, 5) is 44.3. The van der Waals surface area contributed by atoms with Crippen LogP contribution in [0.25, 0.3) is 10.2 Å². The van der Waals surface area contributed by atoms with Gasteiger partial charge in [-0.15, -0.1) is 11.3 Å². The van der Waals surface area contributed by atoms with Gasteiger partial charge in [0, 0.05) is 14.1 Å². The van der Waals surface area contributed by atoms with Gasteiger partial charge >= 0.3 is 5.97 Å². The maximum absolute atomic E-state index is 12.9. The summed E-state index contributed by atoms with van der Waals surface area (Å²) in [5.74, 6) is 0.357. The van der Waals surface area contributed by atoms with Crippen molar-refractivity contribution >= 4 is 39.4 Å². The average molecular weight is 389 g/mol. The van der Waals surface area contributed by atoms with E-state index in [1.807, 2.05) is 0 Å². The van der Waals surface area contributed by atoms with Gasteiger partial charge in [-0.25, -0.2) is 9.78 Å². The predicted molar refractivity (Wildman–Crippen MR) is 102 cm³/mol. The molecule has 0 spiro atoms. The van der Waals surface area contributed by atoms with E-state index >= 15 is 0 Å². The topological polar surface area (TPSA) is 129 Å². The van der Waals surface area contributed by atoms with Crippen LogP contribution in [0.15, 0.2) is 11.1 Å². The van der Waals surface area contributed by atoms with E-state index < -0.39 is 5.97 Å². The van der Waals surface area contributed by atoms with Crippen LogP contribution in [0.1, 0.15) is 28.0 Å². The molecule has 0 aliphatic rings. The molecular formula is C16H19N7O3S. The van der Waals surface area contributed by atoms with Gasteiger partial charge in [-0.2, -0.15) is 15.0 Å². The molecule has 0 amide bonds. The number of anilines is 2. The quantitative estimate of drug-likeness (QED) is 0.630. The van der Waals surface area contributed by atoms with Crippen LogP contribution in [0.4, 0.5) is 11.9 Å². The van der Waals surface area contributed by atoms with Crippen molar-refractivity contribution in [2.75, 3.05) is 31.3 Å². The normalized spacial score (nSPS) is 11.0. The molecule has 0 saturated carbocycles. The molecule has 2 N–H and O–H groups in total. The van der Waals surface area contributed by atoms with Crippen LogP contribution in [-0.4, -0.2) is 51.2 Å². The summed E-state index contributed by atoms with van der Waals surface area (Å²) in [6.45, 7) is 3.79. The van der Waals surface area contributed by atoms with E-state index in [2.05, 4.69) is 19.9 Å². The summed E-state index contributed by atoms with van der Waals surface area (Å²) in [5.41, 5.74) is 6.00. The molecular weight excluding hydrogens is 370 g/mol. The highest BCUT2D eigenvalue weighted by Crippen LogP contribution is 2.27. The largest absolute Gasteiger partial charge is 0.462 e. The third-order valence-corrected chi connectivity index (χ3v) is 4.96. The monoisotopic (exact) mass is 389 g/mol. The molecule has 0 aliphatic heterocycles. The van der Waals surface area contributed by atoms with Gasteiger partial charge in [-0.3, -0.25) is 9.36 Å². The second kappa shape index (κ2) is 7.27. The minimum absolute atomic E-state index is 0.0714. The summed E-state index contributed by atoms with van der Waals surface area (Å²) in [5, 5.41) is 0.389. The highest BCUT2D eigenvalue weighted by Gasteiger charge is 2.20. The first-order valence-electron chi connectivity index (χ1n) is 8.15. The van der Waals surface area contributed by atoms with E-state index in [1.54, 1.807) is 32.8 Å². The average Bonchev–Trinajstić information content (AvgIpc) is 2.94. The first-order valence-corrected chi connectivity index (χ1v) is 8.96. The number of aromatic nitrogens is 5. The highest BCUT2D eigenvalue weighted by atomic mass is 32.1. The Bertz CT molecular complexity index is 1070. The van der Waals surface area contributed by atoms with Crippen LogP contribution in [0.3, 0.4) is 0 Å². The number of esters is 1. The van der Waals surface area contributed by atoms with Crippen LogP contribution in [0.2, 0.25) is 0 Å². The van der Waals surface area contributed by atoms with E-state index in [-0.39, 0.29) is 24.7 Å². The zero-order chi connectivity index (χ0) is 19.7. The number of carbonyl (C=O) groups is 1. The predicted octanol–water partition coefficient (Wildman–Crippen LogP) is 0.825. The molecule has 0 aromatic carbocycles. The van der Waals surface area contributed by atoms with Crippen molar-refractivity contribution in [2.24, 2.45) is 0 Å². The number of ether oxygens (including phenoxy) is 1. The second-order valence-electron chi connectivity index (χ2n) is 5.94. The van der Waals surface area contributed by atoms with Gasteiger partial charge in [0.2, 0.25) is 11.9 Å². The van der Waals surface area contributed by atoms with E-state index in [9.17, 15) is 9.59 Å². The zero-order valence-corrected chi connectivity index (χ0v) is 16.2. The molecule has 3 aromatic rings. The number of nitrogen functional groups attached to an aromatic ring is 1. The molecule has 0 saturated heterocycles. The molecule has 0 unspecified atom stereocenters. The number of thiophene rings is 1. The lowest BCUT2D eigenvalue weighted by atomic mass is 10.2. The summed E-state index contributed by atoms with van der Waals surface area (Å²) >= 11 is 1.14. The van der Waals surface area contributed by atoms with Gasteiger partial charge < -0.3 is 15.4 Å². The molecule has 0 atom stereocenters. The van der Waals surface area contributed by atoms with Crippen molar-refractivity contribution in [3.63, 3.8) is 0 Å². The Labute approximate surface area is 158 Å². The molecule has 0 bridgehead atoms. The van der Waals surface area contributed by atoms with Gasteiger partial charge in [0.05, 0.1) is 24.9 Å². The summed E-state index contributed by atoms with van der Waals surface area (Å²) in [6, 6.07) is 0. The molecule has 11 heteroatoms. The van der Waals surface area contributed by atoms with Crippen molar-refractivity contribution in [3.05, 3.63) is 32.9 Å². The summed E-state index contributed by atoms with van der Waals surface area (Å²) < 4.78 is 6.42. The molecule has 142 valence electrons. The Morgan fingerprint density at radius 2 is 2.07 bits per heavy atom. The standard InChI is InChI=1S/C16H19N7O3S/c1-5-26-14(25)11-8(2)10-12(27-11)18-7-23(13(10)24)6-9-19-15(17)21-16(20-9)22(3)4/h7H,5-6H2,1-4H3,(H2,17,19,20,21). The summed E-state index contributed by atoms with van der Waals surface area (Å²) in [7, 11) is 3.56. The number of hydrogen-bond acceptors (Lipinski definition) is 10.